The second-order valence-corrected chi connectivity index (χ2v) is 7.10. The molecule has 0 bridgehead atoms. The highest BCUT2D eigenvalue weighted by atomic mass is 16.4. The SMILES string of the molecule is O=C(NCC1(C(=O)O)CCC1)C1CCC2CCCCC2N1. The smallest absolute Gasteiger partial charge is 0.311 e. The summed E-state index contributed by atoms with van der Waals surface area (Å²) in [4.78, 5) is 23.6. The van der Waals surface area contributed by atoms with Crippen LogP contribution in [-0.2, 0) is 9.59 Å². The Morgan fingerprint density at radius 3 is 2.52 bits per heavy atom. The summed E-state index contributed by atoms with van der Waals surface area (Å²) in [6.07, 6.45) is 9.37. The maximum absolute atomic E-state index is 12.3. The highest BCUT2D eigenvalue weighted by molar-refractivity contribution is 5.83. The number of carbonyl (C=O) groups is 2. The van der Waals surface area contributed by atoms with Gasteiger partial charge in [-0.2, -0.15) is 0 Å². The van der Waals surface area contributed by atoms with Crippen LogP contribution in [0.4, 0.5) is 0 Å². The fourth-order valence-electron chi connectivity index (χ4n) is 4.15. The molecule has 3 unspecified atom stereocenters. The van der Waals surface area contributed by atoms with Gasteiger partial charge < -0.3 is 15.7 Å². The number of hydrogen-bond donors (Lipinski definition) is 3. The van der Waals surface area contributed by atoms with E-state index >= 15 is 0 Å². The van der Waals surface area contributed by atoms with Crippen LogP contribution < -0.4 is 10.6 Å². The molecule has 1 aliphatic heterocycles. The molecular weight excluding hydrogens is 268 g/mol. The molecule has 2 aliphatic carbocycles. The third-order valence-electron chi connectivity index (χ3n) is 5.83. The molecule has 3 N–H and O–H groups in total. The van der Waals surface area contributed by atoms with Crippen LogP contribution in [-0.4, -0.2) is 35.6 Å². The lowest BCUT2D eigenvalue weighted by Gasteiger charge is -2.41. The largest absolute Gasteiger partial charge is 0.481 e. The van der Waals surface area contributed by atoms with Gasteiger partial charge in [0.2, 0.25) is 5.91 Å². The number of fused-ring (bicyclic) bond motifs is 1. The highest BCUT2D eigenvalue weighted by Gasteiger charge is 2.45. The summed E-state index contributed by atoms with van der Waals surface area (Å²) < 4.78 is 0. The molecule has 5 nitrogen and oxygen atoms in total. The van der Waals surface area contributed by atoms with Crippen molar-refractivity contribution in [3.05, 3.63) is 0 Å². The third-order valence-corrected chi connectivity index (χ3v) is 5.83. The van der Waals surface area contributed by atoms with Crippen molar-refractivity contribution < 1.29 is 14.7 Å². The maximum atomic E-state index is 12.3. The van der Waals surface area contributed by atoms with Crippen LogP contribution in [0.2, 0.25) is 0 Å². The second kappa shape index (κ2) is 5.95. The van der Waals surface area contributed by atoms with Crippen molar-refractivity contribution in [2.45, 2.75) is 69.9 Å². The Hall–Kier alpha value is -1.10. The molecule has 0 spiro atoms. The highest BCUT2D eigenvalue weighted by Crippen LogP contribution is 2.40. The number of amides is 1. The molecule has 0 aromatic rings. The number of nitrogens with one attached hydrogen (secondary N) is 2. The Morgan fingerprint density at radius 2 is 1.86 bits per heavy atom. The summed E-state index contributed by atoms with van der Waals surface area (Å²) in [6.45, 7) is 0.285. The van der Waals surface area contributed by atoms with E-state index in [-0.39, 0.29) is 18.5 Å². The van der Waals surface area contributed by atoms with Gasteiger partial charge in [-0.05, 0) is 44.4 Å². The van der Waals surface area contributed by atoms with E-state index in [2.05, 4.69) is 10.6 Å². The summed E-state index contributed by atoms with van der Waals surface area (Å²) in [5, 5.41) is 15.7. The zero-order valence-electron chi connectivity index (χ0n) is 12.6. The van der Waals surface area contributed by atoms with Gasteiger partial charge in [0, 0.05) is 12.6 Å². The van der Waals surface area contributed by atoms with Gasteiger partial charge in [0.15, 0.2) is 0 Å². The van der Waals surface area contributed by atoms with Gasteiger partial charge in [-0.1, -0.05) is 19.3 Å². The minimum Gasteiger partial charge on any atom is -0.481 e. The van der Waals surface area contributed by atoms with Crippen molar-refractivity contribution in [3.63, 3.8) is 0 Å². The van der Waals surface area contributed by atoms with Crippen molar-refractivity contribution in [2.24, 2.45) is 11.3 Å². The first kappa shape index (κ1) is 14.8. The zero-order chi connectivity index (χ0) is 14.9. The lowest BCUT2D eigenvalue weighted by Crippen LogP contribution is -2.57. The van der Waals surface area contributed by atoms with E-state index in [1.165, 1.54) is 25.7 Å². The van der Waals surface area contributed by atoms with Crippen molar-refractivity contribution in [1.29, 1.82) is 0 Å². The molecule has 5 heteroatoms. The summed E-state index contributed by atoms with van der Waals surface area (Å²) in [6, 6.07) is 0.357. The normalized spacial score (nSPS) is 34.4. The number of rotatable bonds is 4. The Bertz CT molecular complexity index is 420. The monoisotopic (exact) mass is 294 g/mol. The minimum atomic E-state index is -0.766. The number of piperidine rings is 1. The van der Waals surface area contributed by atoms with Gasteiger partial charge in [-0.15, -0.1) is 0 Å². The van der Waals surface area contributed by atoms with Crippen LogP contribution in [0.15, 0.2) is 0 Å². The van der Waals surface area contributed by atoms with E-state index in [1.54, 1.807) is 0 Å². The lowest BCUT2D eigenvalue weighted by atomic mass is 9.68. The standard InChI is InChI=1S/C16H26N2O3/c19-14(17-10-16(15(20)21)8-3-9-16)13-7-6-11-4-1-2-5-12(11)18-13/h11-13,18H,1-10H2,(H,17,19)(H,20,21). The third kappa shape index (κ3) is 2.93. The lowest BCUT2D eigenvalue weighted by molar-refractivity contribution is -0.154. The molecule has 21 heavy (non-hydrogen) atoms. The van der Waals surface area contributed by atoms with E-state index in [0.29, 0.717) is 18.9 Å². The molecule has 2 saturated carbocycles. The summed E-state index contributed by atoms with van der Waals surface area (Å²) in [5.41, 5.74) is -0.697. The van der Waals surface area contributed by atoms with Gasteiger partial charge >= 0.3 is 5.97 Å². The molecule has 0 aromatic heterocycles. The van der Waals surface area contributed by atoms with Crippen molar-refractivity contribution in [1.82, 2.24) is 10.6 Å². The van der Waals surface area contributed by atoms with Crippen molar-refractivity contribution >= 4 is 11.9 Å². The molecule has 3 atom stereocenters. The fourth-order valence-corrected chi connectivity index (χ4v) is 4.15. The average molecular weight is 294 g/mol. The van der Waals surface area contributed by atoms with E-state index < -0.39 is 11.4 Å². The van der Waals surface area contributed by atoms with Crippen LogP contribution in [0.3, 0.4) is 0 Å². The van der Waals surface area contributed by atoms with Crippen LogP contribution in [0.5, 0.6) is 0 Å². The average Bonchev–Trinajstić information content (AvgIpc) is 2.45. The Labute approximate surface area is 125 Å². The first-order valence-corrected chi connectivity index (χ1v) is 8.38. The number of carbonyl (C=O) groups excluding carboxylic acids is 1. The summed E-state index contributed by atoms with van der Waals surface area (Å²) >= 11 is 0. The zero-order valence-corrected chi connectivity index (χ0v) is 12.6. The Kier molecular flexibility index (Phi) is 4.20. The van der Waals surface area contributed by atoms with Crippen LogP contribution in [0, 0.1) is 11.3 Å². The Balaban J connectivity index is 1.50. The summed E-state index contributed by atoms with van der Waals surface area (Å²) in [7, 11) is 0. The molecule has 3 aliphatic rings. The number of carboxylic acid groups (broad SMARTS) is 1. The van der Waals surface area contributed by atoms with E-state index in [0.717, 1.165) is 25.2 Å². The van der Waals surface area contributed by atoms with Gasteiger partial charge in [-0.3, -0.25) is 9.59 Å². The second-order valence-electron chi connectivity index (χ2n) is 7.10. The number of aliphatic carboxylic acids is 1. The predicted molar refractivity (Wildman–Crippen MR) is 78.8 cm³/mol. The van der Waals surface area contributed by atoms with Crippen molar-refractivity contribution in [2.75, 3.05) is 6.54 Å². The van der Waals surface area contributed by atoms with E-state index in [9.17, 15) is 14.7 Å². The predicted octanol–water partition coefficient (Wildman–Crippen LogP) is 1.67. The molecule has 1 heterocycles. The number of hydrogen-bond acceptors (Lipinski definition) is 3. The molecule has 118 valence electrons. The van der Waals surface area contributed by atoms with Crippen LogP contribution in [0.1, 0.15) is 57.8 Å². The molecule has 0 aromatic carbocycles. The van der Waals surface area contributed by atoms with Gasteiger partial charge in [-0.25, -0.2) is 0 Å². The van der Waals surface area contributed by atoms with Crippen LogP contribution in [0.25, 0.3) is 0 Å². The molecular formula is C16H26N2O3. The molecule has 0 radical (unpaired) electrons. The van der Waals surface area contributed by atoms with Crippen LogP contribution >= 0.6 is 0 Å². The summed E-state index contributed by atoms with van der Waals surface area (Å²) in [5.74, 6) is -0.0376. The molecule has 1 saturated heterocycles. The van der Waals surface area contributed by atoms with Gasteiger partial charge in [0.05, 0.1) is 11.5 Å². The molecule has 3 rings (SSSR count). The van der Waals surface area contributed by atoms with E-state index in [4.69, 9.17) is 0 Å². The minimum absolute atomic E-state index is 0.00783. The topological polar surface area (TPSA) is 78.4 Å². The maximum Gasteiger partial charge on any atom is 0.311 e. The van der Waals surface area contributed by atoms with Crippen molar-refractivity contribution in [3.8, 4) is 0 Å². The first-order chi connectivity index (χ1) is 10.1. The molecule has 1 amide bonds. The van der Waals surface area contributed by atoms with E-state index in [1.807, 2.05) is 0 Å². The fraction of sp³-hybridized carbons (Fsp3) is 0.875. The first-order valence-electron chi connectivity index (χ1n) is 8.38. The quantitative estimate of drug-likeness (QED) is 0.737. The Morgan fingerprint density at radius 1 is 1.10 bits per heavy atom. The van der Waals surface area contributed by atoms with Gasteiger partial charge in [0.25, 0.3) is 0 Å². The number of carboxylic acids is 1. The molecule has 3 fully saturated rings. The van der Waals surface area contributed by atoms with Gasteiger partial charge in [0.1, 0.15) is 0 Å².